The Hall–Kier alpha value is -1.90. The Morgan fingerprint density at radius 2 is 1.88 bits per heavy atom. The number of hydrogen-bond acceptors (Lipinski definition) is 6. The molecule has 174 valence electrons. The second kappa shape index (κ2) is 6.15. The summed E-state index contributed by atoms with van der Waals surface area (Å²) in [5.74, 6) is -5.21. The molecule has 0 aromatic heterocycles. The van der Waals surface area contributed by atoms with Crippen molar-refractivity contribution in [2.45, 2.75) is 82.6 Å². The molecule has 1 saturated heterocycles. The number of aliphatic carboxylic acids is 1. The van der Waals surface area contributed by atoms with Gasteiger partial charge in [0.15, 0.2) is 22.8 Å². The molecule has 2 N–H and O–H groups in total. The van der Waals surface area contributed by atoms with E-state index in [0.717, 1.165) is 0 Å². The minimum Gasteiger partial charge on any atom is -0.475 e. The van der Waals surface area contributed by atoms with Crippen molar-refractivity contribution in [1.29, 1.82) is 0 Å². The zero-order valence-electron chi connectivity index (χ0n) is 18.7. The van der Waals surface area contributed by atoms with Gasteiger partial charge in [0.05, 0.1) is 12.2 Å². The van der Waals surface area contributed by atoms with E-state index in [1.54, 1.807) is 33.8 Å². The number of allylic oxidation sites excluding steroid dienone is 4. The number of halogens is 1. The third-order valence-corrected chi connectivity index (χ3v) is 9.17. The SMILES string of the molecule is CC1(C)O[C@@H]2CC3[C@@H]4CCC5=CC(=O)C=C[C@]5(C)[C@@]4(F)[C@@H](O)C[C@]3(C)[C@]2(C(=O)C(=O)O)O1. The van der Waals surface area contributed by atoms with Gasteiger partial charge in [0.25, 0.3) is 5.78 Å². The highest BCUT2D eigenvalue weighted by atomic mass is 19.1. The number of alkyl halides is 1. The second-order valence-corrected chi connectivity index (χ2v) is 11.0. The van der Waals surface area contributed by atoms with Crippen molar-refractivity contribution in [3.05, 3.63) is 23.8 Å². The van der Waals surface area contributed by atoms with Gasteiger partial charge in [-0.3, -0.25) is 9.59 Å². The van der Waals surface area contributed by atoms with Crippen molar-refractivity contribution < 1.29 is 38.5 Å². The fourth-order valence-corrected chi connectivity index (χ4v) is 7.86. The van der Waals surface area contributed by atoms with E-state index in [4.69, 9.17) is 9.47 Å². The molecule has 0 spiro atoms. The van der Waals surface area contributed by atoms with E-state index in [0.29, 0.717) is 18.4 Å². The molecule has 4 aliphatic carbocycles. The van der Waals surface area contributed by atoms with Crippen LogP contribution in [0.1, 0.15) is 53.4 Å². The van der Waals surface area contributed by atoms with Gasteiger partial charge < -0.3 is 19.7 Å². The monoisotopic (exact) mass is 448 g/mol. The molecule has 0 aromatic carbocycles. The summed E-state index contributed by atoms with van der Waals surface area (Å²) in [6.45, 7) is 6.70. The number of carboxylic acid groups (broad SMARTS) is 1. The van der Waals surface area contributed by atoms with Crippen molar-refractivity contribution in [3.63, 3.8) is 0 Å². The quantitative estimate of drug-likeness (QED) is 0.625. The van der Waals surface area contributed by atoms with E-state index < -0.39 is 63.7 Å². The van der Waals surface area contributed by atoms with Crippen LogP contribution in [0.4, 0.5) is 4.39 Å². The highest BCUT2D eigenvalue weighted by molar-refractivity contribution is 6.36. The van der Waals surface area contributed by atoms with Crippen LogP contribution in [-0.2, 0) is 23.9 Å². The van der Waals surface area contributed by atoms with Gasteiger partial charge in [-0.15, -0.1) is 0 Å². The lowest BCUT2D eigenvalue weighted by molar-refractivity contribution is -0.245. The Bertz CT molecular complexity index is 1000. The maximum absolute atomic E-state index is 17.1. The summed E-state index contributed by atoms with van der Waals surface area (Å²) in [6, 6.07) is 0. The first-order valence-corrected chi connectivity index (χ1v) is 11.2. The summed E-state index contributed by atoms with van der Waals surface area (Å²) in [5.41, 5.74) is -5.50. The van der Waals surface area contributed by atoms with Crippen LogP contribution in [0.5, 0.6) is 0 Å². The zero-order chi connectivity index (χ0) is 23.5. The summed E-state index contributed by atoms with van der Waals surface area (Å²) in [6.07, 6.45) is 3.02. The third-order valence-electron chi connectivity index (χ3n) is 9.17. The zero-order valence-corrected chi connectivity index (χ0v) is 18.7. The van der Waals surface area contributed by atoms with Crippen molar-refractivity contribution in [3.8, 4) is 0 Å². The van der Waals surface area contributed by atoms with Crippen molar-refractivity contribution >= 4 is 17.5 Å². The number of carboxylic acids is 1. The highest BCUT2D eigenvalue weighted by Gasteiger charge is 2.80. The molecule has 8 heteroatoms. The molecule has 0 radical (unpaired) electrons. The van der Waals surface area contributed by atoms with E-state index in [-0.39, 0.29) is 18.6 Å². The van der Waals surface area contributed by atoms with E-state index in [1.165, 1.54) is 12.2 Å². The van der Waals surface area contributed by atoms with Gasteiger partial charge in [-0.25, -0.2) is 9.18 Å². The second-order valence-electron chi connectivity index (χ2n) is 11.0. The minimum absolute atomic E-state index is 0.149. The lowest BCUT2D eigenvalue weighted by Crippen LogP contribution is -2.70. The average molecular weight is 448 g/mol. The molecule has 5 aliphatic rings. The Labute approximate surface area is 185 Å². The maximum Gasteiger partial charge on any atom is 0.375 e. The van der Waals surface area contributed by atoms with Crippen LogP contribution in [0, 0.1) is 22.7 Å². The number of ether oxygens (including phenoxy) is 2. The van der Waals surface area contributed by atoms with Crippen LogP contribution >= 0.6 is 0 Å². The molecule has 0 aromatic rings. The Morgan fingerprint density at radius 1 is 1.19 bits per heavy atom. The first-order chi connectivity index (χ1) is 14.7. The number of ketones is 2. The molecule has 5 rings (SSSR count). The minimum atomic E-state index is -2.07. The molecule has 1 heterocycles. The van der Waals surface area contributed by atoms with E-state index >= 15 is 4.39 Å². The van der Waals surface area contributed by atoms with Crippen molar-refractivity contribution in [1.82, 2.24) is 0 Å². The van der Waals surface area contributed by atoms with E-state index in [2.05, 4.69) is 0 Å². The summed E-state index contributed by atoms with van der Waals surface area (Å²) >= 11 is 0. The largest absolute Gasteiger partial charge is 0.475 e. The first kappa shape index (κ1) is 21.9. The van der Waals surface area contributed by atoms with Gasteiger partial charge in [0.2, 0.25) is 0 Å². The number of carbonyl (C=O) groups is 3. The Balaban J connectivity index is 1.65. The normalized spacial score (nSPS) is 50.7. The van der Waals surface area contributed by atoms with Crippen LogP contribution in [0.25, 0.3) is 0 Å². The van der Waals surface area contributed by atoms with Crippen molar-refractivity contribution in [2.75, 3.05) is 0 Å². The van der Waals surface area contributed by atoms with Crippen LogP contribution in [0.2, 0.25) is 0 Å². The molecule has 0 amide bonds. The van der Waals surface area contributed by atoms with Gasteiger partial charge >= 0.3 is 5.97 Å². The van der Waals surface area contributed by atoms with Gasteiger partial charge in [-0.05, 0) is 64.5 Å². The molecule has 4 fully saturated rings. The number of hydrogen-bond donors (Lipinski definition) is 2. The van der Waals surface area contributed by atoms with Gasteiger partial charge in [0, 0.05) is 16.7 Å². The van der Waals surface area contributed by atoms with Crippen LogP contribution < -0.4 is 0 Å². The Kier molecular flexibility index (Phi) is 4.22. The van der Waals surface area contributed by atoms with Gasteiger partial charge in [-0.1, -0.05) is 18.6 Å². The summed E-state index contributed by atoms with van der Waals surface area (Å²) in [7, 11) is 0. The maximum atomic E-state index is 17.1. The fraction of sp³-hybridized carbons (Fsp3) is 0.708. The molecule has 32 heavy (non-hydrogen) atoms. The fourth-order valence-electron chi connectivity index (χ4n) is 7.86. The topological polar surface area (TPSA) is 110 Å². The van der Waals surface area contributed by atoms with Gasteiger partial charge in [0.1, 0.15) is 0 Å². The van der Waals surface area contributed by atoms with E-state index in [9.17, 15) is 24.6 Å². The number of Topliss-reactive ketones (excluding diaryl/α,β-unsaturated/α-hetero) is 1. The van der Waals surface area contributed by atoms with Gasteiger partial charge in [-0.2, -0.15) is 0 Å². The first-order valence-electron chi connectivity index (χ1n) is 11.2. The number of fused-ring (bicyclic) bond motifs is 7. The van der Waals surface area contributed by atoms with Crippen LogP contribution in [-0.4, -0.2) is 57.0 Å². The summed E-state index contributed by atoms with van der Waals surface area (Å²) < 4.78 is 29.3. The average Bonchev–Trinajstić information content (AvgIpc) is 3.09. The Morgan fingerprint density at radius 3 is 2.53 bits per heavy atom. The van der Waals surface area contributed by atoms with E-state index in [1.807, 2.05) is 0 Å². The summed E-state index contributed by atoms with van der Waals surface area (Å²) in [4.78, 5) is 37.0. The van der Waals surface area contributed by atoms with Crippen LogP contribution in [0.3, 0.4) is 0 Å². The molecule has 0 bridgehead atoms. The number of aliphatic hydroxyl groups excluding tert-OH is 1. The molecule has 3 saturated carbocycles. The molecular formula is C24H29FO7. The molecule has 8 atom stereocenters. The summed E-state index contributed by atoms with van der Waals surface area (Å²) in [5, 5.41) is 21.0. The molecule has 1 aliphatic heterocycles. The number of aliphatic hydroxyl groups is 1. The van der Waals surface area contributed by atoms with Crippen LogP contribution in [0.15, 0.2) is 23.8 Å². The molecule has 1 unspecified atom stereocenters. The standard InChI is InChI=1S/C24H29FO7/c1-20(2)31-17-10-15-14-6-5-12-9-13(26)7-8-21(12,3)23(14,25)16(27)11-22(15,4)24(17,32-20)18(28)19(29)30/h7-9,14-17,27H,5-6,10-11H2,1-4H3,(H,29,30)/t14-,15?,16-,17+,21-,22-,23-,24-/m0/s1. The number of rotatable bonds is 2. The predicted octanol–water partition coefficient (Wildman–Crippen LogP) is 2.51. The predicted molar refractivity (Wildman–Crippen MR) is 109 cm³/mol. The molecule has 7 nitrogen and oxygen atoms in total. The lowest BCUT2D eigenvalue weighted by atomic mass is 9.44. The smallest absolute Gasteiger partial charge is 0.375 e. The number of carbonyl (C=O) groups excluding carboxylic acids is 2. The lowest BCUT2D eigenvalue weighted by Gasteiger charge is -2.62. The molecular weight excluding hydrogens is 419 g/mol. The third kappa shape index (κ3) is 2.28. The van der Waals surface area contributed by atoms with Crippen molar-refractivity contribution in [2.24, 2.45) is 22.7 Å². The highest BCUT2D eigenvalue weighted by Crippen LogP contribution is 2.72.